The van der Waals surface area contributed by atoms with Crippen molar-refractivity contribution in [2.45, 2.75) is 51.1 Å². The minimum Gasteiger partial charge on any atom is -0.283 e. The lowest BCUT2D eigenvalue weighted by molar-refractivity contribution is 0.300. The SMILES string of the molecule is C=C1c2ccccc2C2=C(CCC=C2)C1C/C(=C\C)c1ccc(C2=N[C@@]3(C)C(C=C2)CC=C2C=CC=NC23)c2ccccc12. The van der Waals surface area contributed by atoms with Crippen LogP contribution >= 0.6 is 0 Å². The predicted molar refractivity (Wildman–Crippen MR) is 188 cm³/mol. The normalized spacial score (nSPS) is 27.0. The maximum atomic E-state index is 5.51. The quantitative estimate of drug-likeness (QED) is 0.298. The van der Waals surface area contributed by atoms with E-state index in [1.807, 2.05) is 12.3 Å². The summed E-state index contributed by atoms with van der Waals surface area (Å²) < 4.78 is 0. The standard InChI is InChI=1S/C42H38N2/c1-4-28(26-39-27(2)31-13-5-6-14-33(31)35-16-8-10-18-37(35)39)32-22-23-38(36-17-9-7-15-34(32)36)40-24-21-30-20-19-29-12-11-25-43-41(29)42(30,3)44-40/h4-9,11-17,19,21-25,30,39,41H,2,10,18,20,26H2,1,3H3/b28-4+/t30?,39?,41?,42-/m0/s1. The third kappa shape index (κ3) is 4.15. The maximum absolute atomic E-state index is 5.51. The van der Waals surface area contributed by atoms with Gasteiger partial charge in [-0.05, 0) is 101 Å². The molecule has 2 heterocycles. The highest BCUT2D eigenvalue weighted by Crippen LogP contribution is 2.49. The summed E-state index contributed by atoms with van der Waals surface area (Å²) in [6, 6.07) is 22.4. The van der Waals surface area contributed by atoms with Gasteiger partial charge in [0, 0.05) is 23.6 Å². The van der Waals surface area contributed by atoms with E-state index in [2.05, 4.69) is 124 Å². The number of rotatable bonds is 4. The Labute approximate surface area is 261 Å². The van der Waals surface area contributed by atoms with Gasteiger partial charge in [-0.2, -0.15) is 0 Å². The fourth-order valence-corrected chi connectivity index (χ4v) is 8.27. The molecule has 0 amide bonds. The molecule has 4 atom stereocenters. The molecule has 44 heavy (non-hydrogen) atoms. The molecule has 0 bridgehead atoms. The zero-order chi connectivity index (χ0) is 29.8. The van der Waals surface area contributed by atoms with Crippen LogP contribution in [0.15, 0.2) is 137 Å². The van der Waals surface area contributed by atoms with Crippen LogP contribution < -0.4 is 0 Å². The van der Waals surface area contributed by atoms with E-state index in [1.165, 1.54) is 55.3 Å². The first-order valence-electron chi connectivity index (χ1n) is 16.1. The number of fused-ring (bicyclic) bond motifs is 6. The van der Waals surface area contributed by atoms with Gasteiger partial charge in [0.1, 0.15) is 6.04 Å². The molecule has 5 aliphatic rings. The second-order valence-corrected chi connectivity index (χ2v) is 12.9. The van der Waals surface area contributed by atoms with Gasteiger partial charge in [-0.25, -0.2) is 0 Å². The molecule has 216 valence electrons. The van der Waals surface area contributed by atoms with Crippen LogP contribution in [0.3, 0.4) is 0 Å². The average Bonchev–Trinajstić information content (AvgIpc) is 3.08. The van der Waals surface area contributed by atoms with Crippen molar-refractivity contribution in [3.63, 3.8) is 0 Å². The second-order valence-electron chi connectivity index (χ2n) is 12.9. The summed E-state index contributed by atoms with van der Waals surface area (Å²) in [5.41, 5.74) is 12.8. The van der Waals surface area contributed by atoms with E-state index < -0.39 is 0 Å². The van der Waals surface area contributed by atoms with E-state index in [4.69, 9.17) is 9.98 Å². The third-order valence-electron chi connectivity index (χ3n) is 10.6. The summed E-state index contributed by atoms with van der Waals surface area (Å²) in [7, 11) is 0. The van der Waals surface area contributed by atoms with Crippen LogP contribution in [-0.2, 0) is 0 Å². The first-order chi connectivity index (χ1) is 21.6. The molecular formula is C42H38N2. The minimum atomic E-state index is -0.290. The van der Waals surface area contributed by atoms with Crippen LogP contribution in [-0.4, -0.2) is 23.5 Å². The van der Waals surface area contributed by atoms with Crippen LogP contribution in [0.5, 0.6) is 0 Å². The molecule has 3 unspecified atom stereocenters. The Morgan fingerprint density at radius 2 is 1.77 bits per heavy atom. The fourth-order valence-electron chi connectivity index (χ4n) is 8.27. The van der Waals surface area contributed by atoms with Crippen molar-refractivity contribution >= 4 is 39.4 Å². The van der Waals surface area contributed by atoms with E-state index in [1.54, 1.807) is 5.57 Å². The Kier molecular flexibility index (Phi) is 6.48. The highest BCUT2D eigenvalue weighted by molar-refractivity contribution is 6.18. The summed E-state index contributed by atoms with van der Waals surface area (Å²) in [4.78, 5) is 10.4. The number of allylic oxidation sites excluding steroid dienone is 10. The van der Waals surface area contributed by atoms with Gasteiger partial charge in [0.25, 0.3) is 0 Å². The lowest BCUT2D eigenvalue weighted by atomic mass is 9.69. The fraction of sp³-hybridized carbons (Fsp3) is 0.238. The van der Waals surface area contributed by atoms with Crippen LogP contribution in [0.4, 0.5) is 0 Å². The number of aliphatic imine (C=N–C) groups is 2. The van der Waals surface area contributed by atoms with Crippen molar-refractivity contribution in [1.82, 2.24) is 0 Å². The number of nitrogens with zero attached hydrogens (tertiary/aromatic N) is 2. The Morgan fingerprint density at radius 3 is 2.64 bits per heavy atom. The largest absolute Gasteiger partial charge is 0.283 e. The highest BCUT2D eigenvalue weighted by Gasteiger charge is 2.45. The highest BCUT2D eigenvalue weighted by atomic mass is 15.0. The van der Waals surface area contributed by atoms with E-state index in [0.29, 0.717) is 11.8 Å². The molecule has 2 nitrogen and oxygen atoms in total. The maximum Gasteiger partial charge on any atom is 0.100 e. The van der Waals surface area contributed by atoms with Gasteiger partial charge in [-0.3, -0.25) is 9.98 Å². The molecule has 0 N–H and O–H groups in total. The van der Waals surface area contributed by atoms with Crippen molar-refractivity contribution < 1.29 is 0 Å². The van der Waals surface area contributed by atoms with Crippen LogP contribution in [0.25, 0.3) is 27.5 Å². The van der Waals surface area contributed by atoms with Crippen molar-refractivity contribution in [3.05, 3.63) is 149 Å². The molecule has 0 spiro atoms. The molecule has 2 heteroatoms. The van der Waals surface area contributed by atoms with Gasteiger partial charge in [0.2, 0.25) is 0 Å². The Bertz CT molecular complexity index is 1970. The van der Waals surface area contributed by atoms with E-state index in [0.717, 1.165) is 31.4 Å². The van der Waals surface area contributed by atoms with Gasteiger partial charge in [-0.1, -0.05) is 109 Å². The Hall–Kier alpha value is -4.56. The van der Waals surface area contributed by atoms with Crippen LogP contribution in [0.1, 0.15) is 61.8 Å². The molecule has 0 saturated carbocycles. The van der Waals surface area contributed by atoms with Crippen molar-refractivity contribution in [2.24, 2.45) is 21.8 Å². The smallest absolute Gasteiger partial charge is 0.100 e. The van der Waals surface area contributed by atoms with E-state index >= 15 is 0 Å². The third-order valence-corrected chi connectivity index (χ3v) is 10.6. The minimum absolute atomic E-state index is 0.0638. The van der Waals surface area contributed by atoms with Crippen molar-refractivity contribution in [2.75, 3.05) is 0 Å². The van der Waals surface area contributed by atoms with Crippen LogP contribution in [0, 0.1) is 11.8 Å². The average molecular weight is 571 g/mol. The van der Waals surface area contributed by atoms with E-state index in [9.17, 15) is 0 Å². The zero-order valence-electron chi connectivity index (χ0n) is 25.6. The molecule has 3 aromatic rings. The molecule has 0 saturated heterocycles. The molecule has 0 aromatic heterocycles. The lowest BCUT2D eigenvalue weighted by Gasteiger charge is -2.44. The summed E-state index contributed by atoms with van der Waals surface area (Å²) >= 11 is 0. The molecular weight excluding hydrogens is 532 g/mol. The molecule has 3 aromatic carbocycles. The molecule has 8 rings (SSSR count). The lowest BCUT2D eigenvalue weighted by Crippen LogP contribution is -2.48. The number of hydrogen-bond donors (Lipinski definition) is 0. The summed E-state index contributed by atoms with van der Waals surface area (Å²) in [6.45, 7) is 9.17. The van der Waals surface area contributed by atoms with Crippen molar-refractivity contribution in [1.29, 1.82) is 0 Å². The Morgan fingerprint density at radius 1 is 0.955 bits per heavy atom. The molecule has 0 radical (unpaired) electrons. The topological polar surface area (TPSA) is 24.7 Å². The molecule has 2 aliphatic heterocycles. The van der Waals surface area contributed by atoms with Gasteiger partial charge in [-0.15, -0.1) is 0 Å². The Balaban J connectivity index is 1.19. The summed E-state index contributed by atoms with van der Waals surface area (Å²) in [5, 5.41) is 2.53. The van der Waals surface area contributed by atoms with Gasteiger partial charge in [0.15, 0.2) is 0 Å². The van der Waals surface area contributed by atoms with Gasteiger partial charge < -0.3 is 0 Å². The first-order valence-corrected chi connectivity index (χ1v) is 16.1. The van der Waals surface area contributed by atoms with Crippen molar-refractivity contribution in [3.8, 4) is 0 Å². The monoisotopic (exact) mass is 570 g/mol. The molecule has 0 fully saturated rings. The van der Waals surface area contributed by atoms with E-state index in [-0.39, 0.29) is 11.6 Å². The van der Waals surface area contributed by atoms with Gasteiger partial charge in [0.05, 0.1) is 11.3 Å². The zero-order valence-corrected chi connectivity index (χ0v) is 25.6. The molecule has 3 aliphatic carbocycles. The summed E-state index contributed by atoms with van der Waals surface area (Å²) in [5.74, 6) is 0.655. The number of dihydropyridines is 2. The second kappa shape index (κ2) is 10.6. The van der Waals surface area contributed by atoms with Gasteiger partial charge >= 0.3 is 0 Å². The van der Waals surface area contributed by atoms with Crippen LogP contribution in [0.2, 0.25) is 0 Å². The first kappa shape index (κ1) is 27.0. The number of benzene rings is 3. The summed E-state index contributed by atoms with van der Waals surface area (Å²) in [6.07, 6.45) is 24.3. The number of hydrogen-bond acceptors (Lipinski definition) is 2. The predicted octanol–water partition coefficient (Wildman–Crippen LogP) is 10.2.